The number of amides is 1. The Bertz CT molecular complexity index is 363. The zero-order valence-corrected chi connectivity index (χ0v) is 11.0. The van der Waals surface area contributed by atoms with Gasteiger partial charge in [-0.3, -0.25) is 4.79 Å². The van der Waals surface area contributed by atoms with Gasteiger partial charge in [0, 0.05) is 23.0 Å². The Labute approximate surface area is 111 Å². The Morgan fingerprint density at radius 2 is 1.88 bits per heavy atom. The molecule has 1 aromatic carbocycles. The molecule has 0 unspecified atom stereocenters. The van der Waals surface area contributed by atoms with Crippen LogP contribution in [0.1, 0.15) is 18.4 Å². The predicted molar refractivity (Wildman–Crippen MR) is 71.5 cm³/mol. The second kappa shape index (κ2) is 7.54. The van der Waals surface area contributed by atoms with Crippen LogP contribution >= 0.6 is 23.2 Å². The Balaban J connectivity index is 2.33. The van der Waals surface area contributed by atoms with Gasteiger partial charge in [0.15, 0.2) is 0 Å². The van der Waals surface area contributed by atoms with E-state index in [4.69, 9.17) is 28.9 Å². The van der Waals surface area contributed by atoms with E-state index in [2.05, 4.69) is 5.32 Å². The van der Waals surface area contributed by atoms with Gasteiger partial charge < -0.3 is 11.1 Å². The molecule has 1 amide bonds. The normalized spacial score (nSPS) is 10.3. The lowest BCUT2D eigenvalue weighted by Crippen LogP contribution is -2.25. The van der Waals surface area contributed by atoms with Gasteiger partial charge in [0.2, 0.25) is 5.91 Å². The van der Waals surface area contributed by atoms with Crippen molar-refractivity contribution in [2.75, 3.05) is 13.1 Å². The van der Waals surface area contributed by atoms with Gasteiger partial charge in [-0.25, -0.2) is 0 Å². The van der Waals surface area contributed by atoms with Crippen molar-refractivity contribution in [3.8, 4) is 0 Å². The molecule has 0 aliphatic carbocycles. The molecule has 17 heavy (non-hydrogen) atoms. The van der Waals surface area contributed by atoms with Gasteiger partial charge in [-0.2, -0.15) is 0 Å². The van der Waals surface area contributed by atoms with Crippen LogP contribution in [-0.4, -0.2) is 19.0 Å². The van der Waals surface area contributed by atoms with E-state index in [1.54, 1.807) is 6.07 Å². The SMILES string of the molecule is NCCCC(=O)NCCc1cc(Cl)cc(Cl)c1. The smallest absolute Gasteiger partial charge is 0.220 e. The number of halogens is 2. The van der Waals surface area contributed by atoms with Gasteiger partial charge in [0.05, 0.1) is 0 Å². The van der Waals surface area contributed by atoms with Crippen LogP contribution in [0, 0.1) is 0 Å². The lowest BCUT2D eigenvalue weighted by atomic mass is 10.1. The molecule has 0 heterocycles. The molecule has 0 saturated heterocycles. The first-order valence-corrected chi connectivity index (χ1v) is 6.29. The number of carbonyl (C=O) groups is 1. The maximum absolute atomic E-state index is 11.3. The highest BCUT2D eigenvalue weighted by atomic mass is 35.5. The van der Waals surface area contributed by atoms with Crippen molar-refractivity contribution in [3.05, 3.63) is 33.8 Å². The first-order valence-electron chi connectivity index (χ1n) is 5.53. The third-order valence-electron chi connectivity index (χ3n) is 2.27. The number of benzene rings is 1. The maximum Gasteiger partial charge on any atom is 0.220 e. The second-order valence-corrected chi connectivity index (χ2v) is 4.64. The van der Waals surface area contributed by atoms with E-state index >= 15 is 0 Å². The van der Waals surface area contributed by atoms with Crippen molar-refractivity contribution >= 4 is 29.1 Å². The molecule has 5 heteroatoms. The van der Waals surface area contributed by atoms with Crippen molar-refractivity contribution in [1.29, 1.82) is 0 Å². The summed E-state index contributed by atoms with van der Waals surface area (Å²) in [7, 11) is 0. The Hall–Kier alpha value is -0.770. The average molecular weight is 275 g/mol. The van der Waals surface area contributed by atoms with Crippen molar-refractivity contribution in [1.82, 2.24) is 5.32 Å². The van der Waals surface area contributed by atoms with Crippen LogP contribution in [0.4, 0.5) is 0 Å². The lowest BCUT2D eigenvalue weighted by molar-refractivity contribution is -0.121. The number of nitrogens with two attached hydrogens (primary N) is 1. The predicted octanol–water partition coefficient (Wildman–Crippen LogP) is 2.39. The van der Waals surface area contributed by atoms with Gasteiger partial charge in [-0.1, -0.05) is 23.2 Å². The summed E-state index contributed by atoms with van der Waals surface area (Å²) in [6, 6.07) is 5.38. The topological polar surface area (TPSA) is 55.1 Å². The Kier molecular flexibility index (Phi) is 6.34. The molecular weight excluding hydrogens is 259 g/mol. The molecule has 94 valence electrons. The summed E-state index contributed by atoms with van der Waals surface area (Å²) < 4.78 is 0. The van der Waals surface area contributed by atoms with E-state index < -0.39 is 0 Å². The van der Waals surface area contributed by atoms with E-state index in [1.807, 2.05) is 12.1 Å². The average Bonchev–Trinajstić information content (AvgIpc) is 2.25. The summed E-state index contributed by atoms with van der Waals surface area (Å²) in [6.45, 7) is 1.12. The number of rotatable bonds is 6. The minimum absolute atomic E-state index is 0.0311. The van der Waals surface area contributed by atoms with Crippen molar-refractivity contribution in [2.45, 2.75) is 19.3 Å². The Morgan fingerprint density at radius 1 is 1.24 bits per heavy atom. The fraction of sp³-hybridized carbons (Fsp3) is 0.417. The number of hydrogen-bond acceptors (Lipinski definition) is 2. The standard InChI is InChI=1S/C12H16Cl2N2O/c13-10-6-9(7-11(14)8-10)3-5-16-12(17)2-1-4-15/h6-8H,1-5,15H2,(H,16,17). The molecule has 0 aliphatic heterocycles. The quantitative estimate of drug-likeness (QED) is 0.837. The summed E-state index contributed by atoms with van der Waals surface area (Å²) >= 11 is 11.7. The summed E-state index contributed by atoms with van der Waals surface area (Å²) in [6.07, 6.45) is 1.91. The largest absolute Gasteiger partial charge is 0.356 e. The van der Waals surface area contributed by atoms with Gasteiger partial charge in [-0.15, -0.1) is 0 Å². The molecular formula is C12H16Cl2N2O. The highest BCUT2D eigenvalue weighted by Gasteiger charge is 2.01. The monoisotopic (exact) mass is 274 g/mol. The van der Waals surface area contributed by atoms with Crippen molar-refractivity contribution < 1.29 is 4.79 Å². The molecule has 3 N–H and O–H groups in total. The highest BCUT2D eigenvalue weighted by molar-refractivity contribution is 6.34. The van der Waals surface area contributed by atoms with Gasteiger partial charge in [0.25, 0.3) is 0 Å². The summed E-state index contributed by atoms with van der Waals surface area (Å²) in [5.41, 5.74) is 6.34. The van der Waals surface area contributed by atoms with Crippen molar-refractivity contribution in [3.63, 3.8) is 0 Å². The molecule has 0 aromatic heterocycles. The molecule has 0 aliphatic rings. The van der Waals surface area contributed by atoms with Crippen LogP contribution in [0.25, 0.3) is 0 Å². The van der Waals surface area contributed by atoms with Gasteiger partial charge >= 0.3 is 0 Å². The number of carbonyl (C=O) groups excluding carboxylic acids is 1. The second-order valence-electron chi connectivity index (χ2n) is 3.77. The van der Waals surface area contributed by atoms with Crippen LogP contribution < -0.4 is 11.1 Å². The van der Waals surface area contributed by atoms with Gasteiger partial charge in [0.1, 0.15) is 0 Å². The first kappa shape index (κ1) is 14.3. The zero-order valence-electron chi connectivity index (χ0n) is 9.51. The van der Waals surface area contributed by atoms with Crippen LogP contribution in [-0.2, 0) is 11.2 Å². The fourth-order valence-electron chi connectivity index (χ4n) is 1.45. The molecule has 1 rings (SSSR count). The van der Waals surface area contributed by atoms with Crippen molar-refractivity contribution in [2.24, 2.45) is 5.73 Å². The van der Waals surface area contributed by atoms with Crippen LogP contribution in [0.5, 0.6) is 0 Å². The number of nitrogens with one attached hydrogen (secondary N) is 1. The van der Waals surface area contributed by atoms with E-state index in [9.17, 15) is 4.79 Å². The van der Waals surface area contributed by atoms with Crippen LogP contribution in [0.3, 0.4) is 0 Å². The summed E-state index contributed by atoms with van der Waals surface area (Å²) in [4.78, 5) is 11.3. The fourth-order valence-corrected chi connectivity index (χ4v) is 2.02. The van der Waals surface area contributed by atoms with E-state index in [1.165, 1.54) is 0 Å². The summed E-state index contributed by atoms with van der Waals surface area (Å²) in [5, 5.41) is 4.05. The lowest BCUT2D eigenvalue weighted by Gasteiger charge is -2.05. The minimum Gasteiger partial charge on any atom is -0.356 e. The van der Waals surface area contributed by atoms with E-state index in [0.717, 1.165) is 12.0 Å². The molecule has 0 radical (unpaired) electrons. The minimum atomic E-state index is 0.0311. The molecule has 1 aromatic rings. The third kappa shape index (κ3) is 5.91. The molecule has 3 nitrogen and oxygen atoms in total. The number of hydrogen-bond donors (Lipinski definition) is 2. The first-order chi connectivity index (χ1) is 8.11. The molecule has 0 bridgehead atoms. The third-order valence-corrected chi connectivity index (χ3v) is 2.70. The van der Waals surface area contributed by atoms with E-state index in [0.29, 0.717) is 36.0 Å². The van der Waals surface area contributed by atoms with Crippen LogP contribution in [0.15, 0.2) is 18.2 Å². The molecule has 0 saturated carbocycles. The van der Waals surface area contributed by atoms with Gasteiger partial charge in [-0.05, 0) is 43.1 Å². The molecule has 0 atom stereocenters. The highest BCUT2D eigenvalue weighted by Crippen LogP contribution is 2.19. The Morgan fingerprint density at radius 3 is 2.47 bits per heavy atom. The summed E-state index contributed by atoms with van der Waals surface area (Å²) in [5.74, 6) is 0.0311. The molecule has 0 fully saturated rings. The van der Waals surface area contributed by atoms with E-state index in [-0.39, 0.29) is 5.91 Å². The maximum atomic E-state index is 11.3. The molecule has 0 spiro atoms. The zero-order chi connectivity index (χ0) is 12.7. The van der Waals surface area contributed by atoms with Crippen LogP contribution in [0.2, 0.25) is 10.0 Å².